The van der Waals surface area contributed by atoms with Crippen LogP contribution in [0.25, 0.3) is 0 Å². The Morgan fingerprint density at radius 1 is 1.00 bits per heavy atom. The predicted molar refractivity (Wildman–Crippen MR) is 104 cm³/mol. The van der Waals surface area contributed by atoms with Gasteiger partial charge in [0.05, 0.1) is 12.1 Å². The zero-order chi connectivity index (χ0) is 15.3. The van der Waals surface area contributed by atoms with E-state index in [9.17, 15) is 5.11 Å². The van der Waals surface area contributed by atoms with E-state index in [1.807, 2.05) is 0 Å². The first-order chi connectivity index (χ1) is 11.2. The zero-order valence-corrected chi connectivity index (χ0v) is 16.6. The molecule has 6 rings (SSSR count). The molecule has 4 nitrogen and oxygen atoms in total. The van der Waals surface area contributed by atoms with Gasteiger partial charge in [0.15, 0.2) is 5.96 Å². The summed E-state index contributed by atoms with van der Waals surface area (Å²) in [7, 11) is 0. The molecule has 0 saturated heterocycles. The van der Waals surface area contributed by atoms with Crippen molar-refractivity contribution in [2.45, 2.75) is 56.6 Å². The minimum Gasteiger partial charge on any atom is -0.387 e. The van der Waals surface area contributed by atoms with Crippen molar-refractivity contribution in [3.8, 4) is 0 Å². The summed E-state index contributed by atoms with van der Waals surface area (Å²) in [6.45, 7) is 0.549. The number of aliphatic imine (C=N–C) groups is 1. The zero-order valence-electron chi connectivity index (χ0n) is 14.2. The lowest BCUT2D eigenvalue weighted by molar-refractivity contribution is -0.123. The molecule has 0 aromatic heterocycles. The number of nitrogens with one attached hydrogen (secondary N) is 1. The van der Waals surface area contributed by atoms with E-state index in [0.717, 1.165) is 35.5 Å². The molecule has 0 heterocycles. The lowest BCUT2D eigenvalue weighted by atomic mass is 9.56. The number of hydrogen-bond donors (Lipinski definition) is 3. The van der Waals surface area contributed by atoms with Crippen molar-refractivity contribution in [1.82, 2.24) is 5.32 Å². The molecule has 9 atom stereocenters. The molecule has 24 heavy (non-hydrogen) atoms. The fraction of sp³-hybridized carbons (Fsp3) is 0.947. The molecule has 6 saturated carbocycles. The molecule has 9 unspecified atom stereocenters. The van der Waals surface area contributed by atoms with E-state index < -0.39 is 5.60 Å². The van der Waals surface area contributed by atoms with Gasteiger partial charge in [-0.3, -0.25) is 4.99 Å². The standard InChI is InChI=1S/C19H29N3O.HI/c20-18(22-9-4-2-1-3-5-9)21-8-19(23)16-11-7-12-14-10(11)6-13(16)15(14)17(12)19;/h9-17,23H,1-8H2,(H3,20,21,22);1H. The van der Waals surface area contributed by atoms with Gasteiger partial charge in [0.1, 0.15) is 0 Å². The largest absolute Gasteiger partial charge is 0.387 e. The van der Waals surface area contributed by atoms with Crippen molar-refractivity contribution in [3.05, 3.63) is 0 Å². The average Bonchev–Trinajstić information content (AvgIpc) is 3.05. The highest BCUT2D eigenvalue weighted by Gasteiger charge is 2.84. The molecule has 0 amide bonds. The second-order valence-electron chi connectivity index (χ2n) is 9.51. The molecule has 0 radical (unpaired) electrons. The molecular formula is C19H30IN3O. The fourth-order valence-corrected chi connectivity index (χ4v) is 8.65. The smallest absolute Gasteiger partial charge is 0.188 e. The Morgan fingerprint density at radius 2 is 1.71 bits per heavy atom. The van der Waals surface area contributed by atoms with Crippen LogP contribution in [0.1, 0.15) is 44.9 Å². The van der Waals surface area contributed by atoms with E-state index in [4.69, 9.17) is 5.73 Å². The Labute approximate surface area is 161 Å². The number of hydrogen-bond acceptors (Lipinski definition) is 2. The van der Waals surface area contributed by atoms with E-state index in [1.54, 1.807) is 0 Å². The lowest BCUT2D eigenvalue weighted by Crippen LogP contribution is -2.56. The van der Waals surface area contributed by atoms with Crippen LogP contribution in [0.5, 0.6) is 0 Å². The Balaban J connectivity index is 0.00000131. The van der Waals surface area contributed by atoms with Gasteiger partial charge in [0, 0.05) is 6.04 Å². The summed E-state index contributed by atoms with van der Waals surface area (Å²) >= 11 is 0. The quantitative estimate of drug-likeness (QED) is 0.356. The van der Waals surface area contributed by atoms with Gasteiger partial charge in [-0.05, 0) is 73.0 Å². The van der Waals surface area contributed by atoms with Crippen LogP contribution in [-0.4, -0.2) is 29.3 Å². The molecule has 5 heteroatoms. The minimum absolute atomic E-state index is 0. The van der Waals surface area contributed by atoms with Crippen LogP contribution in [0.15, 0.2) is 4.99 Å². The summed E-state index contributed by atoms with van der Waals surface area (Å²) in [6, 6.07) is 0.499. The van der Waals surface area contributed by atoms with Crippen LogP contribution in [0, 0.1) is 47.3 Å². The van der Waals surface area contributed by atoms with Gasteiger partial charge in [-0.2, -0.15) is 0 Å². The maximum Gasteiger partial charge on any atom is 0.188 e. The number of fused-ring (bicyclic) bond motifs is 2. The average molecular weight is 443 g/mol. The van der Waals surface area contributed by atoms with Crippen LogP contribution in [0.2, 0.25) is 0 Å². The normalized spacial score (nSPS) is 56.5. The van der Waals surface area contributed by atoms with E-state index in [2.05, 4.69) is 10.3 Å². The summed E-state index contributed by atoms with van der Waals surface area (Å²) < 4.78 is 0. The van der Waals surface area contributed by atoms with Crippen molar-refractivity contribution in [1.29, 1.82) is 0 Å². The van der Waals surface area contributed by atoms with Crippen LogP contribution in [0.3, 0.4) is 0 Å². The van der Waals surface area contributed by atoms with Gasteiger partial charge in [-0.1, -0.05) is 19.3 Å². The van der Waals surface area contributed by atoms with Gasteiger partial charge in [-0.15, -0.1) is 24.0 Å². The van der Waals surface area contributed by atoms with Gasteiger partial charge in [0.2, 0.25) is 0 Å². The Bertz CT molecular complexity index is 571. The Hall–Kier alpha value is -0.0400. The molecule has 0 spiro atoms. The number of nitrogens with zero attached hydrogens (tertiary/aromatic N) is 1. The summed E-state index contributed by atoms with van der Waals surface area (Å²) in [6.07, 6.45) is 9.21. The maximum atomic E-state index is 11.5. The van der Waals surface area contributed by atoms with Crippen molar-refractivity contribution in [2.75, 3.05) is 6.54 Å². The molecule has 4 N–H and O–H groups in total. The number of guanidine groups is 1. The third-order valence-electron chi connectivity index (χ3n) is 8.98. The third-order valence-corrected chi connectivity index (χ3v) is 8.98. The fourth-order valence-electron chi connectivity index (χ4n) is 8.65. The predicted octanol–water partition coefficient (Wildman–Crippen LogP) is 2.35. The van der Waals surface area contributed by atoms with Crippen LogP contribution < -0.4 is 11.1 Å². The Kier molecular flexibility index (Phi) is 3.53. The van der Waals surface area contributed by atoms with Gasteiger partial charge >= 0.3 is 0 Å². The molecular weight excluding hydrogens is 413 g/mol. The highest BCUT2D eigenvalue weighted by molar-refractivity contribution is 14.0. The van der Waals surface area contributed by atoms with Crippen LogP contribution >= 0.6 is 24.0 Å². The molecule has 6 fully saturated rings. The summed E-state index contributed by atoms with van der Waals surface area (Å²) in [5.74, 6) is 6.94. The van der Waals surface area contributed by atoms with E-state index in [-0.39, 0.29) is 24.0 Å². The van der Waals surface area contributed by atoms with Crippen LogP contribution in [0.4, 0.5) is 0 Å². The summed E-state index contributed by atoms with van der Waals surface area (Å²) in [5, 5.41) is 14.9. The van der Waals surface area contributed by atoms with Crippen molar-refractivity contribution in [2.24, 2.45) is 58.1 Å². The van der Waals surface area contributed by atoms with Crippen molar-refractivity contribution < 1.29 is 5.11 Å². The van der Waals surface area contributed by atoms with Gasteiger partial charge in [-0.25, -0.2) is 0 Å². The van der Waals surface area contributed by atoms with E-state index >= 15 is 0 Å². The molecule has 134 valence electrons. The molecule has 0 aromatic carbocycles. The molecule has 6 aliphatic rings. The number of nitrogens with two attached hydrogens (primary N) is 1. The van der Waals surface area contributed by atoms with Gasteiger partial charge < -0.3 is 16.2 Å². The number of rotatable bonds is 3. The topological polar surface area (TPSA) is 70.6 Å². The lowest BCUT2D eigenvalue weighted by Gasteiger charge is -2.51. The summed E-state index contributed by atoms with van der Waals surface area (Å²) in [4.78, 5) is 4.65. The first-order valence-electron chi connectivity index (χ1n) is 9.97. The third kappa shape index (κ3) is 1.76. The first-order valence-corrected chi connectivity index (χ1v) is 9.97. The van der Waals surface area contributed by atoms with E-state index in [1.165, 1.54) is 44.9 Å². The molecule has 6 aliphatic carbocycles. The number of halogens is 1. The highest BCUT2D eigenvalue weighted by atomic mass is 127. The second kappa shape index (κ2) is 5.24. The van der Waals surface area contributed by atoms with Crippen molar-refractivity contribution in [3.63, 3.8) is 0 Å². The SMILES string of the molecule is I.NC(=NCC1(O)C2C3CC4C5C3CC2C5C41)NC1CCCCC1. The number of aliphatic hydroxyl groups is 1. The monoisotopic (exact) mass is 443 g/mol. The molecule has 2 bridgehead atoms. The van der Waals surface area contributed by atoms with E-state index in [0.29, 0.717) is 30.4 Å². The van der Waals surface area contributed by atoms with Crippen LogP contribution in [-0.2, 0) is 0 Å². The van der Waals surface area contributed by atoms with Gasteiger partial charge in [0.25, 0.3) is 0 Å². The highest BCUT2D eigenvalue weighted by Crippen LogP contribution is 2.85. The second-order valence-corrected chi connectivity index (χ2v) is 9.51. The first kappa shape index (κ1) is 16.2. The maximum absolute atomic E-state index is 11.5. The Morgan fingerprint density at radius 3 is 2.50 bits per heavy atom. The van der Waals surface area contributed by atoms with Crippen molar-refractivity contribution >= 4 is 29.9 Å². The summed E-state index contributed by atoms with van der Waals surface area (Å²) in [5.41, 5.74) is 5.63. The minimum atomic E-state index is -0.524. The molecule has 0 aromatic rings. The molecule has 0 aliphatic heterocycles.